The highest BCUT2D eigenvalue weighted by molar-refractivity contribution is 8.00. The van der Waals surface area contributed by atoms with Crippen molar-refractivity contribution < 1.29 is 4.79 Å². The molecule has 0 spiro atoms. The van der Waals surface area contributed by atoms with Gasteiger partial charge in [0.15, 0.2) is 0 Å². The molecule has 0 bridgehead atoms. The first kappa shape index (κ1) is 19.1. The highest BCUT2D eigenvalue weighted by Gasteiger charge is 2.35. The molecule has 3 rings (SSSR count). The van der Waals surface area contributed by atoms with Gasteiger partial charge in [-0.2, -0.15) is 0 Å². The summed E-state index contributed by atoms with van der Waals surface area (Å²) in [6.45, 7) is 0.881. The minimum Gasteiger partial charge on any atom is -0.353 e. The van der Waals surface area contributed by atoms with E-state index >= 15 is 0 Å². The van der Waals surface area contributed by atoms with Crippen molar-refractivity contribution in [3.8, 4) is 0 Å². The molecule has 138 valence electrons. The first-order valence-corrected chi connectivity index (χ1v) is 10.8. The van der Waals surface area contributed by atoms with Crippen LogP contribution in [0, 0.1) is 5.92 Å². The number of nitrogens with one attached hydrogen (secondary N) is 3. The number of amides is 1. The molecule has 0 aromatic rings. The van der Waals surface area contributed by atoms with Gasteiger partial charge >= 0.3 is 0 Å². The van der Waals surface area contributed by atoms with Gasteiger partial charge in [-0.25, -0.2) is 10.9 Å². The van der Waals surface area contributed by atoms with Crippen LogP contribution in [0.1, 0.15) is 44.9 Å². The number of hydrogen-bond acceptors (Lipinski definition) is 5. The SMILES string of the molecule is CN1CNNC1SC1CCC(NC(=O)C2CC(Cl)CCC2Cl)CC1. The Morgan fingerprint density at radius 1 is 1.17 bits per heavy atom. The van der Waals surface area contributed by atoms with Crippen molar-refractivity contribution in [3.05, 3.63) is 0 Å². The van der Waals surface area contributed by atoms with Crippen molar-refractivity contribution >= 4 is 40.9 Å². The van der Waals surface area contributed by atoms with Gasteiger partial charge in [0.2, 0.25) is 5.91 Å². The molecule has 2 saturated carbocycles. The quantitative estimate of drug-likeness (QED) is 0.639. The molecule has 2 aliphatic carbocycles. The molecule has 4 unspecified atom stereocenters. The monoisotopic (exact) mass is 394 g/mol. The van der Waals surface area contributed by atoms with Gasteiger partial charge in [0, 0.05) is 22.0 Å². The van der Waals surface area contributed by atoms with E-state index in [1.165, 1.54) is 0 Å². The standard InChI is InChI=1S/C16H28Cl2N4OS/c1-22-9-19-21-16(22)24-12-5-3-11(4-6-12)20-15(23)13-8-10(17)2-7-14(13)18/h10-14,16,19,21H,2-9H2,1H3,(H,20,23). The number of hydrogen-bond donors (Lipinski definition) is 3. The predicted octanol–water partition coefficient (Wildman–Crippen LogP) is 2.44. The van der Waals surface area contributed by atoms with Crippen LogP contribution in [0.5, 0.6) is 0 Å². The van der Waals surface area contributed by atoms with E-state index < -0.39 is 0 Å². The average Bonchev–Trinajstić information content (AvgIpc) is 2.96. The predicted molar refractivity (Wildman–Crippen MR) is 101 cm³/mol. The zero-order chi connectivity index (χ0) is 17.1. The van der Waals surface area contributed by atoms with Gasteiger partial charge < -0.3 is 5.32 Å². The lowest BCUT2D eigenvalue weighted by atomic mass is 9.87. The second-order valence-corrected chi connectivity index (χ2v) is 9.80. The summed E-state index contributed by atoms with van der Waals surface area (Å²) < 4.78 is 0. The van der Waals surface area contributed by atoms with E-state index in [2.05, 4.69) is 28.1 Å². The fourth-order valence-corrected chi connectivity index (χ4v) is 5.78. The van der Waals surface area contributed by atoms with E-state index in [1.807, 2.05) is 11.8 Å². The van der Waals surface area contributed by atoms with Crippen LogP contribution in [0.2, 0.25) is 0 Å². The largest absolute Gasteiger partial charge is 0.353 e. The first-order valence-electron chi connectivity index (χ1n) is 8.95. The lowest BCUT2D eigenvalue weighted by Gasteiger charge is -2.34. The number of halogens is 2. The Balaban J connectivity index is 1.41. The molecule has 3 aliphatic rings. The molecule has 24 heavy (non-hydrogen) atoms. The summed E-state index contributed by atoms with van der Waals surface area (Å²) in [5, 5.41) is 3.91. The maximum absolute atomic E-state index is 12.5. The van der Waals surface area contributed by atoms with E-state index in [0.717, 1.165) is 45.2 Å². The third-order valence-electron chi connectivity index (χ3n) is 5.33. The third-order valence-corrected chi connectivity index (χ3v) is 7.85. The van der Waals surface area contributed by atoms with Crippen LogP contribution >= 0.6 is 35.0 Å². The number of hydrazine groups is 1. The average molecular weight is 395 g/mol. The number of thioether (sulfide) groups is 1. The van der Waals surface area contributed by atoms with Gasteiger partial charge in [0.25, 0.3) is 0 Å². The van der Waals surface area contributed by atoms with E-state index in [9.17, 15) is 4.79 Å². The Morgan fingerprint density at radius 2 is 1.92 bits per heavy atom. The second-order valence-electron chi connectivity index (χ2n) is 7.24. The molecular weight excluding hydrogens is 367 g/mol. The molecule has 1 amide bonds. The lowest BCUT2D eigenvalue weighted by Crippen LogP contribution is -2.45. The van der Waals surface area contributed by atoms with Crippen LogP contribution in [-0.4, -0.2) is 52.1 Å². The summed E-state index contributed by atoms with van der Waals surface area (Å²) in [6.07, 6.45) is 6.87. The van der Waals surface area contributed by atoms with E-state index in [4.69, 9.17) is 23.2 Å². The summed E-state index contributed by atoms with van der Waals surface area (Å²) in [6, 6.07) is 0.293. The maximum atomic E-state index is 12.5. The summed E-state index contributed by atoms with van der Waals surface area (Å²) in [5.74, 6) is -0.0183. The lowest BCUT2D eigenvalue weighted by molar-refractivity contribution is -0.126. The van der Waals surface area contributed by atoms with Gasteiger partial charge in [0.1, 0.15) is 5.50 Å². The Labute approximate surface area is 158 Å². The minimum absolute atomic E-state index is 0.0663. The maximum Gasteiger partial charge on any atom is 0.224 e. The van der Waals surface area contributed by atoms with E-state index in [1.54, 1.807) is 0 Å². The molecule has 0 radical (unpaired) electrons. The molecule has 1 heterocycles. The Bertz CT molecular complexity index is 436. The highest BCUT2D eigenvalue weighted by atomic mass is 35.5. The van der Waals surface area contributed by atoms with Crippen molar-refractivity contribution in [3.63, 3.8) is 0 Å². The Kier molecular flexibility index (Phi) is 6.97. The first-order chi connectivity index (χ1) is 11.5. The van der Waals surface area contributed by atoms with Crippen molar-refractivity contribution in [1.29, 1.82) is 0 Å². The molecule has 5 nitrogen and oxygen atoms in total. The van der Waals surface area contributed by atoms with Crippen molar-refractivity contribution in [2.75, 3.05) is 13.7 Å². The van der Waals surface area contributed by atoms with Crippen LogP contribution in [0.3, 0.4) is 0 Å². The van der Waals surface area contributed by atoms with Crippen LogP contribution in [0.25, 0.3) is 0 Å². The van der Waals surface area contributed by atoms with E-state index in [0.29, 0.717) is 23.2 Å². The number of nitrogens with zero attached hydrogens (tertiary/aromatic N) is 1. The zero-order valence-corrected chi connectivity index (χ0v) is 16.5. The van der Waals surface area contributed by atoms with Gasteiger partial charge in [-0.3, -0.25) is 9.69 Å². The molecule has 0 aromatic heterocycles. The third kappa shape index (κ3) is 4.92. The topological polar surface area (TPSA) is 56.4 Å². The second kappa shape index (κ2) is 8.78. The summed E-state index contributed by atoms with van der Waals surface area (Å²) in [5.41, 5.74) is 6.80. The highest BCUT2D eigenvalue weighted by Crippen LogP contribution is 2.34. The van der Waals surface area contributed by atoms with Crippen molar-refractivity contribution in [1.82, 2.24) is 21.1 Å². The van der Waals surface area contributed by atoms with Gasteiger partial charge in [-0.15, -0.1) is 35.0 Å². The van der Waals surface area contributed by atoms with Gasteiger partial charge in [0.05, 0.1) is 12.6 Å². The van der Waals surface area contributed by atoms with Crippen LogP contribution in [-0.2, 0) is 4.79 Å². The zero-order valence-electron chi connectivity index (χ0n) is 14.1. The number of alkyl halides is 2. The molecule has 8 heteroatoms. The molecule has 1 saturated heterocycles. The Hall–Kier alpha value is 0.280. The molecular formula is C16H28Cl2N4OS. The fraction of sp³-hybridized carbons (Fsp3) is 0.938. The van der Waals surface area contributed by atoms with E-state index in [-0.39, 0.29) is 22.6 Å². The van der Waals surface area contributed by atoms with Crippen LogP contribution < -0.4 is 16.2 Å². The molecule has 3 fully saturated rings. The summed E-state index contributed by atoms with van der Waals surface area (Å²) in [7, 11) is 2.12. The number of carbonyl (C=O) groups is 1. The molecule has 1 aliphatic heterocycles. The van der Waals surface area contributed by atoms with Crippen LogP contribution in [0.15, 0.2) is 0 Å². The van der Waals surface area contributed by atoms with Crippen molar-refractivity contribution in [2.24, 2.45) is 5.92 Å². The fourth-order valence-electron chi connectivity index (χ4n) is 3.78. The van der Waals surface area contributed by atoms with Crippen LogP contribution in [0.4, 0.5) is 0 Å². The van der Waals surface area contributed by atoms with Crippen molar-refractivity contribution in [2.45, 2.75) is 72.5 Å². The normalized spacial score (nSPS) is 41.3. The smallest absolute Gasteiger partial charge is 0.224 e. The minimum atomic E-state index is -0.127. The number of carbonyl (C=O) groups excluding carboxylic acids is 1. The Morgan fingerprint density at radius 3 is 2.58 bits per heavy atom. The van der Waals surface area contributed by atoms with Gasteiger partial charge in [-0.05, 0) is 52.0 Å². The molecule has 3 N–H and O–H groups in total. The van der Waals surface area contributed by atoms with Gasteiger partial charge in [-0.1, -0.05) is 0 Å². The molecule has 0 aromatic carbocycles. The number of rotatable bonds is 4. The summed E-state index contributed by atoms with van der Waals surface area (Å²) in [4.78, 5) is 14.8. The summed E-state index contributed by atoms with van der Waals surface area (Å²) >= 11 is 14.6. The molecule has 4 atom stereocenters.